The van der Waals surface area contributed by atoms with E-state index in [1.54, 1.807) is 0 Å². The van der Waals surface area contributed by atoms with Crippen molar-refractivity contribution in [3.05, 3.63) is 91.0 Å². The van der Waals surface area contributed by atoms with Gasteiger partial charge < -0.3 is 0 Å². The molecule has 1 fully saturated rings. The summed E-state index contributed by atoms with van der Waals surface area (Å²) in [6.45, 7) is 6.58. The summed E-state index contributed by atoms with van der Waals surface area (Å²) in [5.41, 5.74) is 0. The van der Waals surface area contributed by atoms with Gasteiger partial charge in [-0.3, -0.25) is 0 Å². The van der Waals surface area contributed by atoms with Crippen LogP contribution in [0.2, 0.25) is 5.23 Å². The normalized spacial score (nSPS) is 17.5. The van der Waals surface area contributed by atoms with Gasteiger partial charge in [0.1, 0.15) is 0 Å². The van der Waals surface area contributed by atoms with Crippen LogP contribution in [0, 0.1) is 0 Å². The molecule has 0 saturated carbocycles. The summed E-state index contributed by atoms with van der Waals surface area (Å²) in [6.07, 6.45) is 3.55. The van der Waals surface area contributed by atoms with E-state index in [-0.39, 0.29) is 24.8 Å². The summed E-state index contributed by atoms with van der Waals surface area (Å²) in [7, 11) is 0. The monoisotopic (exact) mass is 536 g/mol. The Hall–Kier alpha value is -1.17. The van der Waals surface area contributed by atoms with Crippen LogP contribution in [-0.4, -0.2) is 42.7 Å². The van der Waals surface area contributed by atoms with Gasteiger partial charge in [-0.15, -0.1) is 24.8 Å². The number of nitrogens with one attached hydrogen (secondary N) is 2. The zero-order valence-corrected chi connectivity index (χ0v) is 23.5. The molecular formula is C28H40Cl2N3Ti. The van der Waals surface area contributed by atoms with Crippen LogP contribution in [-0.2, 0) is 15.6 Å². The third-order valence-electron chi connectivity index (χ3n) is 7.50. The Morgan fingerprint density at radius 1 is 0.529 bits per heavy atom. The molecular weight excluding hydrogens is 497 g/mol. The van der Waals surface area contributed by atoms with Crippen LogP contribution in [0.1, 0.15) is 19.3 Å². The molecule has 0 spiro atoms. The van der Waals surface area contributed by atoms with Crippen molar-refractivity contribution in [3.63, 3.8) is 0 Å². The first kappa shape index (κ1) is 29.1. The number of hydrogen-bond acceptors (Lipinski definition) is 3. The fourth-order valence-corrected chi connectivity index (χ4v) is 15.9. The van der Waals surface area contributed by atoms with E-state index in [1.165, 1.54) is 30.9 Å². The van der Waals surface area contributed by atoms with Crippen LogP contribution >= 0.6 is 24.8 Å². The average molecular weight is 537 g/mol. The van der Waals surface area contributed by atoms with E-state index in [0.29, 0.717) is 0 Å². The van der Waals surface area contributed by atoms with Gasteiger partial charge in [-0.25, -0.2) is 0 Å². The van der Waals surface area contributed by atoms with E-state index in [9.17, 15) is 0 Å². The SMILES string of the molecule is Cl.Cl.[CH3][Ti]([c]1ccccc1)([c]1ccccc1)([c]1ccccc1)[N]1CCCNCCCNCCC1. The molecule has 6 heteroatoms. The maximum absolute atomic E-state index is 3.86. The van der Waals surface area contributed by atoms with Crippen molar-refractivity contribution in [2.24, 2.45) is 0 Å². The molecule has 0 aromatic heterocycles. The standard InChI is InChI=1S/C9H20N3.3C6H5.CH3.2ClH.Ti/c1-4-10-6-2-8-12-9-3-7-11-5-1;3*1-2-4-6-5-3-1;;;;/h10-11H,1-9H2;3*1-5H;1H3;2*1H;/q-1;;;;;;;+1. The molecule has 1 heterocycles. The second-order valence-electron chi connectivity index (χ2n) is 9.33. The number of rotatable bonds is 4. The molecule has 0 atom stereocenters. The van der Waals surface area contributed by atoms with Gasteiger partial charge in [0.15, 0.2) is 0 Å². The summed E-state index contributed by atoms with van der Waals surface area (Å²) in [5, 5.41) is 9.97. The molecule has 0 unspecified atom stereocenters. The van der Waals surface area contributed by atoms with E-state index in [4.69, 9.17) is 0 Å². The zero-order valence-electron chi connectivity index (χ0n) is 20.3. The van der Waals surface area contributed by atoms with Gasteiger partial charge in [-0.1, -0.05) is 0 Å². The van der Waals surface area contributed by atoms with Crippen molar-refractivity contribution >= 4 is 36.4 Å². The van der Waals surface area contributed by atoms with Crippen molar-refractivity contribution in [2.75, 3.05) is 39.3 Å². The van der Waals surface area contributed by atoms with Gasteiger partial charge in [-0.05, 0) is 0 Å². The molecule has 34 heavy (non-hydrogen) atoms. The van der Waals surface area contributed by atoms with Gasteiger partial charge in [0.25, 0.3) is 0 Å². The van der Waals surface area contributed by atoms with E-state index >= 15 is 0 Å². The second kappa shape index (κ2) is 13.8. The van der Waals surface area contributed by atoms with E-state index in [0.717, 1.165) is 39.3 Å². The van der Waals surface area contributed by atoms with Crippen LogP contribution < -0.4 is 22.2 Å². The summed E-state index contributed by atoms with van der Waals surface area (Å²) < 4.78 is 7.46. The Morgan fingerprint density at radius 2 is 0.853 bits per heavy atom. The molecule has 0 bridgehead atoms. The predicted octanol–water partition coefficient (Wildman–Crippen LogP) is 4.12. The minimum absolute atomic E-state index is 0. The molecule has 4 rings (SSSR count). The first-order chi connectivity index (χ1) is 15.7. The number of halogens is 2. The van der Waals surface area contributed by atoms with E-state index < -0.39 is 15.6 Å². The number of hydrogen-bond donors (Lipinski definition) is 2. The van der Waals surface area contributed by atoms with Crippen LogP contribution in [0.4, 0.5) is 0 Å². The van der Waals surface area contributed by atoms with Crippen molar-refractivity contribution in [1.29, 1.82) is 0 Å². The van der Waals surface area contributed by atoms with Crippen molar-refractivity contribution in [1.82, 2.24) is 14.0 Å². The predicted molar refractivity (Wildman–Crippen MR) is 150 cm³/mol. The van der Waals surface area contributed by atoms with E-state index in [2.05, 4.69) is 110 Å². The van der Waals surface area contributed by atoms with Gasteiger partial charge in [-0.2, -0.15) is 0 Å². The second-order valence-corrected chi connectivity index (χ2v) is 18.3. The first-order valence-electron chi connectivity index (χ1n) is 12.3. The third kappa shape index (κ3) is 5.79. The molecule has 1 aliphatic rings. The molecule has 3 aromatic rings. The Labute approximate surface area is 219 Å². The third-order valence-corrected chi connectivity index (χ3v) is 18.8. The molecule has 0 amide bonds. The number of nitrogens with zero attached hydrogens (tertiary/aromatic N) is 1. The van der Waals surface area contributed by atoms with Crippen molar-refractivity contribution in [2.45, 2.75) is 24.5 Å². The van der Waals surface area contributed by atoms with Crippen LogP contribution in [0.15, 0.2) is 91.0 Å². The Bertz CT molecular complexity index is 846. The summed E-state index contributed by atoms with van der Waals surface area (Å²) >= 11 is -3.86. The molecule has 3 nitrogen and oxygen atoms in total. The van der Waals surface area contributed by atoms with Crippen molar-refractivity contribution < 1.29 is 15.6 Å². The Kier molecular flexibility index (Phi) is 11.8. The molecule has 185 valence electrons. The minimum atomic E-state index is -3.86. The van der Waals surface area contributed by atoms with E-state index in [1.807, 2.05) is 0 Å². The van der Waals surface area contributed by atoms with Crippen molar-refractivity contribution in [3.8, 4) is 0 Å². The molecule has 3 aromatic carbocycles. The van der Waals surface area contributed by atoms with Gasteiger partial charge in [0.05, 0.1) is 0 Å². The first-order valence-corrected chi connectivity index (χ1v) is 16.9. The molecule has 0 radical (unpaired) electrons. The van der Waals surface area contributed by atoms with Crippen LogP contribution in [0.25, 0.3) is 0 Å². The topological polar surface area (TPSA) is 27.3 Å². The Balaban J connectivity index is 0.00000204. The van der Waals surface area contributed by atoms with Crippen LogP contribution in [0.3, 0.4) is 0 Å². The zero-order chi connectivity index (χ0) is 22.1. The summed E-state index contributed by atoms with van der Waals surface area (Å²) in [6, 6.07) is 34.2. The quantitative estimate of drug-likeness (QED) is 0.491. The maximum atomic E-state index is 3.66. The average Bonchev–Trinajstić information content (AvgIpc) is 2.86. The molecule has 1 aliphatic heterocycles. The van der Waals surface area contributed by atoms with Crippen LogP contribution in [0.5, 0.6) is 0 Å². The molecule has 2 N–H and O–H groups in total. The molecule has 0 aliphatic carbocycles. The van der Waals surface area contributed by atoms with Gasteiger partial charge in [0, 0.05) is 0 Å². The summed E-state index contributed by atoms with van der Waals surface area (Å²) in [4.78, 5) is 0. The summed E-state index contributed by atoms with van der Waals surface area (Å²) in [5.74, 6) is 0. The fraction of sp³-hybridized carbons (Fsp3) is 0.357. The number of benzene rings is 3. The van der Waals surface area contributed by atoms with Gasteiger partial charge in [0.2, 0.25) is 0 Å². The Morgan fingerprint density at radius 3 is 1.21 bits per heavy atom. The molecule has 1 saturated heterocycles. The fourth-order valence-electron chi connectivity index (χ4n) is 5.63. The van der Waals surface area contributed by atoms with Gasteiger partial charge >= 0.3 is 196 Å².